The second-order valence-corrected chi connectivity index (χ2v) is 6.19. The number of benzene rings is 2. The maximum Gasteiger partial charge on any atom is 0.184 e. The van der Waals surface area contributed by atoms with Crippen molar-refractivity contribution in [2.45, 2.75) is 0 Å². The summed E-state index contributed by atoms with van der Waals surface area (Å²) in [7, 11) is 0. The highest BCUT2D eigenvalue weighted by molar-refractivity contribution is 7.80. The number of thiocarbonyl (C=S) groups is 2. The van der Waals surface area contributed by atoms with E-state index in [2.05, 4.69) is 45.5 Å². The molecule has 0 aliphatic rings. The van der Waals surface area contributed by atoms with E-state index in [1.54, 1.807) is 12.4 Å². The van der Waals surface area contributed by atoms with Gasteiger partial charge in [-0.2, -0.15) is 10.2 Å². The molecule has 0 heterocycles. The normalized spacial score (nSPS) is 10.7. The zero-order valence-corrected chi connectivity index (χ0v) is 16.5. The van der Waals surface area contributed by atoms with Gasteiger partial charge >= 0.3 is 0 Å². The van der Waals surface area contributed by atoms with E-state index in [0.717, 1.165) is 11.1 Å². The fourth-order valence-corrected chi connectivity index (χ4v) is 2.13. The van der Waals surface area contributed by atoms with Crippen molar-refractivity contribution < 1.29 is 9.47 Å². The molecule has 2 rings (SSSR count). The van der Waals surface area contributed by atoms with Crippen LogP contribution < -0.4 is 31.8 Å². The Kier molecular flexibility index (Phi) is 8.63. The molecule has 0 atom stereocenters. The van der Waals surface area contributed by atoms with Gasteiger partial charge < -0.3 is 20.9 Å². The average molecular weight is 417 g/mol. The summed E-state index contributed by atoms with van der Waals surface area (Å²) in [5.74, 6) is 1.40. The van der Waals surface area contributed by atoms with E-state index in [1.165, 1.54) is 0 Å². The number of rotatable bonds is 9. The van der Waals surface area contributed by atoms with E-state index in [-0.39, 0.29) is 10.2 Å². The lowest BCUT2D eigenvalue weighted by atomic mass is 10.2. The van der Waals surface area contributed by atoms with Crippen molar-refractivity contribution in [1.29, 1.82) is 0 Å². The molecule has 0 radical (unpaired) electrons. The van der Waals surface area contributed by atoms with Gasteiger partial charge in [0, 0.05) is 0 Å². The molecule has 0 aliphatic carbocycles. The highest BCUT2D eigenvalue weighted by Gasteiger charge is 1.98. The molecule has 0 aliphatic heterocycles. The first kappa shape index (κ1) is 21.1. The predicted molar refractivity (Wildman–Crippen MR) is 119 cm³/mol. The van der Waals surface area contributed by atoms with Crippen LogP contribution in [0.1, 0.15) is 11.1 Å². The summed E-state index contributed by atoms with van der Waals surface area (Å²) in [6.07, 6.45) is 3.20. The van der Waals surface area contributed by atoms with Crippen LogP contribution in [0.4, 0.5) is 0 Å². The van der Waals surface area contributed by atoms with Crippen molar-refractivity contribution in [3.05, 3.63) is 59.7 Å². The summed E-state index contributed by atoms with van der Waals surface area (Å²) >= 11 is 9.36. The van der Waals surface area contributed by atoms with E-state index < -0.39 is 0 Å². The lowest BCUT2D eigenvalue weighted by molar-refractivity contribution is 0.217. The van der Waals surface area contributed by atoms with Crippen molar-refractivity contribution in [2.24, 2.45) is 21.7 Å². The quantitative estimate of drug-likeness (QED) is 0.210. The molecule has 146 valence electrons. The number of hydrogen-bond donors (Lipinski definition) is 4. The number of nitrogens with zero attached hydrogens (tertiary/aromatic N) is 2. The standard InChI is InChI=1S/C18H20N6O2S2/c19-17(27)23-21-11-13-3-1-5-15(9-13)25-7-8-26-16-6-2-4-14(10-16)12-22-24-18(20)28/h1-6,9-12H,7-8H2,(H3,19,23,27)(H3,20,24,28)/b21-11+,22-12+. The second kappa shape index (κ2) is 11.5. The molecule has 0 saturated heterocycles. The zero-order chi connectivity index (χ0) is 20.2. The first-order valence-corrected chi connectivity index (χ1v) is 8.97. The third-order valence-electron chi connectivity index (χ3n) is 3.11. The molecule has 10 heteroatoms. The first-order valence-electron chi connectivity index (χ1n) is 8.15. The SMILES string of the molecule is NC(=S)N/N=C/c1cccc(OCCOc2cccc(/C=N/NC(N)=S)c2)c1. The lowest BCUT2D eigenvalue weighted by Gasteiger charge is -2.09. The predicted octanol–water partition coefficient (Wildman–Crippen LogP) is 1.48. The molecule has 0 amide bonds. The molecule has 28 heavy (non-hydrogen) atoms. The molecule has 0 fully saturated rings. The number of hydrazone groups is 2. The third kappa shape index (κ3) is 8.43. The Balaban J connectivity index is 1.80. The van der Waals surface area contributed by atoms with Crippen molar-refractivity contribution in [3.8, 4) is 11.5 Å². The molecule has 8 nitrogen and oxygen atoms in total. The highest BCUT2D eigenvalue weighted by Crippen LogP contribution is 2.14. The van der Waals surface area contributed by atoms with Gasteiger partial charge in [0.25, 0.3) is 0 Å². The highest BCUT2D eigenvalue weighted by atomic mass is 32.1. The van der Waals surface area contributed by atoms with Crippen LogP contribution in [0.15, 0.2) is 58.7 Å². The second-order valence-electron chi connectivity index (χ2n) is 5.31. The molecular weight excluding hydrogens is 396 g/mol. The van der Waals surface area contributed by atoms with Crippen LogP contribution in [0.3, 0.4) is 0 Å². The Morgan fingerprint density at radius 1 is 0.821 bits per heavy atom. The molecule has 2 aromatic carbocycles. The smallest absolute Gasteiger partial charge is 0.184 e. The monoisotopic (exact) mass is 416 g/mol. The molecular formula is C18H20N6O2S2. The van der Waals surface area contributed by atoms with Gasteiger partial charge in [0.05, 0.1) is 12.4 Å². The maximum atomic E-state index is 5.70. The van der Waals surface area contributed by atoms with Gasteiger partial charge in [-0.15, -0.1) is 0 Å². The minimum absolute atomic E-state index is 0.107. The van der Waals surface area contributed by atoms with E-state index in [9.17, 15) is 0 Å². The fraction of sp³-hybridized carbons (Fsp3) is 0.111. The van der Waals surface area contributed by atoms with Gasteiger partial charge in [0.2, 0.25) is 0 Å². The van der Waals surface area contributed by atoms with Gasteiger partial charge in [-0.3, -0.25) is 10.9 Å². The van der Waals surface area contributed by atoms with Crippen LogP contribution in [-0.4, -0.2) is 35.9 Å². The first-order chi connectivity index (χ1) is 13.5. The minimum atomic E-state index is 0.107. The molecule has 0 spiro atoms. The van der Waals surface area contributed by atoms with Crippen molar-refractivity contribution in [2.75, 3.05) is 13.2 Å². The minimum Gasteiger partial charge on any atom is -0.490 e. The van der Waals surface area contributed by atoms with Crippen LogP contribution in [0.25, 0.3) is 0 Å². The molecule has 0 unspecified atom stereocenters. The summed E-state index contributed by atoms with van der Waals surface area (Å²) in [5.41, 5.74) is 17.3. The Bertz CT molecular complexity index is 801. The van der Waals surface area contributed by atoms with Gasteiger partial charge in [-0.05, 0) is 59.8 Å². The summed E-state index contributed by atoms with van der Waals surface area (Å²) in [5, 5.41) is 8.03. The molecule has 6 N–H and O–H groups in total. The van der Waals surface area contributed by atoms with Gasteiger partial charge in [-0.1, -0.05) is 24.3 Å². The third-order valence-corrected chi connectivity index (χ3v) is 3.30. The molecule has 2 aromatic rings. The summed E-state index contributed by atoms with van der Waals surface area (Å²) < 4.78 is 11.4. The zero-order valence-electron chi connectivity index (χ0n) is 14.9. The summed E-state index contributed by atoms with van der Waals surface area (Å²) in [4.78, 5) is 0. The largest absolute Gasteiger partial charge is 0.490 e. The Morgan fingerprint density at radius 2 is 1.25 bits per heavy atom. The summed E-state index contributed by atoms with van der Waals surface area (Å²) in [6, 6.07) is 14.9. The van der Waals surface area contributed by atoms with E-state index in [0.29, 0.717) is 24.7 Å². The Labute approximate surface area is 173 Å². The van der Waals surface area contributed by atoms with E-state index in [1.807, 2.05) is 48.5 Å². The van der Waals surface area contributed by atoms with Crippen LogP contribution in [0.2, 0.25) is 0 Å². The average Bonchev–Trinajstić information content (AvgIpc) is 2.65. The maximum absolute atomic E-state index is 5.70. The van der Waals surface area contributed by atoms with Gasteiger partial charge in [0.15, 0.2) is 10.2 Å². The van der Waals surface area contributed by atoms with Crippen LogP contribution >= 0.6 is 24.4 Å². The fourth-order valence-electron chi connectivity index (χ4n) is 2.03. The number of ether oxygens (including phenoxy) is 2. The molecule has 0 bridgehead atoms. The summed E-state index contributed by atoms with van der Waals surface area (Å²) in [6.45, 7) is 0.764. The van der Waals surface area contributed by atoms with Crippen molar-refractivity contribution >= 4 is 47.1 Å². The van der Waals surface area contributed by atoms with Gasteiger partial charge in [0.1, 0.15) is 24.7 Å². The molecule has 0 aromatic heterocycles. The number of nitrogens with one attached hydrogen (secondary N) is 2. The Morgan fingerprint density at radius 3 is 1.64 bits per heavy atom. The number of nitrogens with two attached hydrogens (primary N) is 2. The Hall–Kier alpha value is -3.24. The van der Waals surface area contributed by atoms with Crippen molar-refractivity contribution in [1.82, 2.24) is 10.9 Å². The van der Waals surface area contributed by atoms with E-state index in [4.69, 9.17) is 20.9 Å². The lowest BCUT2D eigenvalue weighted by Crippen LogP contribution is -2.24. The molecule has 0 saturated carbocycles. The van der Waals surface area contributed by atoms with Crippen molar-refractivity contribution in [3.63, 3.8) is 0 Å². The van der Waals surface area contributed by atoms with Gasteiger partial charge in [-0.25, -0.2) is 0 Å². The number of hydrogen-bond acceptors (Lipinski definition) is 6. The van der Waals surface area contributed by atoms with E-state index >= 15 is 0 Å². The van der Waals surface area contributed by atoms with Crippen LogP contribution in [-0.2, 0) is 0 Å². The van der Waals surface area contributed by atoms with Crippen LogP contribution in [0, 0.1) is 0 Å². The van der Waals surface area contributed by atoms with Crippen LogP contribution in [0.5, 0.6) is 11.5 Å². The topological polar surface area (TPSA) is 119 Å².